The molecule has 0 fully saturated rings. The van der Waals surface area contributed by atoms with Gasteiger partial charge in [0.1, 0.15) is 5.82 Å². The van der Waals surface area contributed by atoms with E-state index in [2.05, 4.69) is 55.6 Å². The molecule has 1 aromatic heterocycles. The first-order chi connectivity index (χ1) is 7.06. The van der Waals surface area contributed by atoms with Gasteiger partial charge >= 0.3 is 0 Å². The van der Waals surface area contributed by atoms with Crippen molar-refractivity contribution in [3.05, 3.63) is 21.8 Å². The third kappa shape index (κ3) is 3.61. The normalized spacial score (nSPS) is 10.8. The molecule has 0 atom stereocenters. The smallest absolute Gasteiger partial charge is 0.147 e. The Kier molecular flexibility index (Phi) is 5.36. The minimum Gasteiger partial charge on any atom is -0.352 e. The molecule has 84 valence electrons. The molecule has 1 heterocycles. The van der Waals surface area contributed by atoms with Gasteiger partial charge in [0.15, 0.2) is 0 Å². The van der Waals surface area contributed by atoms with Gasteiger partial charge in [0.25, 0.3) is 0 Å². The Labute approximate surface area is 112 Å². The predicted molar refractivity (Wildman–Crippen MR) is 73.2 cm³/mol. The van der Waals surface area contributed by atoms with E-state index in [1.54, 1.807) is 6.20 Å². The lowest BCUT2D eigenvalue weighted by Crippen LogP contribution is -2.33. The molecule has 0 saturated heterocycles. The summed E-state index contributed by atoms with van der Waals surface area (Å²) in [6.07, 6.45) is 1.77. The van der Waals surface area contributed by atoms with E-state index in [0.717, 1.165) is 22.2 Å². The lowest BCUT2D eigenvalue weighted by Gasteiger charge is -2.27. The van der Waals surface area contributed by atoms with Crippen molar-refractivity contribution in [3.8, 4) is 0 Å². The number of anilines is 1. The van der Waals surface area contributed by atoms with Gasteiger partial charge in [-0.15, -0.1) is 0 Å². The molecule has 0 radical (unpaired) electrons. The summed E-state index contributed by atoms with van der Waals surface area (Å²) < 4.78 is 0.902. The number of hydrogen-bond acceptors (Lipinski definition) is 2. The van der Waals surface area contributed by atoms with Crippen LogP contribution in [0.4, 0.5) is 5.82 Å². The highest BCUT2D eigenvalue weighted by atomic mass is 79.9. The van der Waals surface area contributed by atoms with E-state index < -0.39 is 0 Å². The Morgan fingerprint density at radius 1 is 1.53 bits per heavy atom. The molecule has 0 amide bonds. The number of rotatable bonds is 4. The Hall–Kier alpha value is 0.200. The molecule has 0 N–H and O–H groups in total. The molecular weight excluding hydrogens is 343 g/mol. The molecule has 1 aromatic rings. The molecule has 0 unspecified atom stereocenters. The van der Waals surface area contributed by atoms with Gasteiger partial charge in [-0.2, -0.15) is 0 Å². The molecule has 0 aromatic carbocycles. The molecule has 1 rings (SSSR count). The molecule has 0 aliphatic heterocycles. The SMILES string of the molecule is CC(C)N(CCBr)c1ncc(Br)cc1Cl. The van der Waals surface area contributed by atoms with E-state index >= 15 is 0 Å². The van der Waals surface area contributed by atoms with Crippen LogP contribution in [0.3, 0.4) is 0 Å². The molecule has 0 aliphatic rings. The number of alkyl halides is 1. The van der Waals surface area contributed by atoms with Gasteiger partial charge in [-0.25, -0.2) is 4.98 Å². The summed E-state index contributed by atoms with van der Waals surface area (Å²) in [6, 6.07) is 2.25. The van der Waals surface area contributed by atoms with Gasteiger partial charge in [0, 0.05) is 28.6 Å². The maximum atomic E-state index is 6.15. The lowest BCUT2D eigenvalue weighted by molar-refractivity contribution is 0.698. The average Bonchev–Trinajstić information content (AvgIpc) is 2.15. The average molecular weight is 356 g/mol. The molecule has 0 aliphatic carbocycles. The summed E-state index contributed by atoms with van der Waals surface area (Å²) in [5.74, 6) is 0.842. The maximum absolute atomic E-state index is 6.15. The largest absolute Gasteiger partial charge is 0.352 e. The molecule has 0 bridgehead atoms. The van der Waals surface area contributed by atoms with Crippen LogP contribution < -0.4 is 4.90 Å². The topological polar surface area (TPSA) is 16.1 Å². The zero-order valence-corrected chi connectivity index (χ0v) is 12.6. The van der Waals surface area contributed by atoms with Crippen LogP contribution in [0.2, 0.25) is 5.02 Å². The molecule has 0 spiro atoms. The summed E-state index contributed by atoms with van der Waals surface area (Å²) >= 11 is 12.9. The first-order valence-electron chi connectivity index (χ1n) is 4.70. The Bertz CT molecular complexity index is 331. The summed E-state index contributed by atoms with van der Waals surface area (Å²) in [5, 5.41) is 1.58. The van der Waals surface area contributed by atoms with Crippen molar-refractivity contribution < 1.29 is 0 Å². The summed E-state index contributed by atoms with van der Waals surface area (Å²) in [5.41, 5.74) is 0. The van der Waals surface area contributed by atoms with Crippen molar-refractivity contribution in [1.29, 1.82) is 0 Å². The fourth-order valence-corrected chi connectivity index (χ4v) is 2.44. The Morgan fingerprint density at radius 2 is 2.20 bits per heavy atom. The van der Waals surface area contributed by atoms with Gasteiger partial charge < -0.3 is 4.90 Å². The third-order valence-electron chi connectivity index (χ3n) is 2.01. The van der Waals surface area contributed by atoms with Crippen molar-refractivity contribution in [3.63, 3.8) is 0 Å². The van der Waals surface area contributed by atoms with Gasteiger partial charge in [-0.1, -0.05) is 27.5 Å². The Morgan fingerprint density at radius 3 is 2.67 bits per heavy atom. The van der Waals surface area contributed by atoms with Crippen molar-refractivity contribution in [1.82, 2.24) is 4.98 Å². The van der Waals surface area contributed by atoms with Crippen LogP contribution in [0.15, 0.2) is 16.7 Å². The first kappa shape index (κ1) is 13.3. The van der Waals surface area contributed by atoms with Gasteiger partial charge in [-0.05, 0) is 35.8 Å². The van der Waals surface area contributed by atoms with Crippen LogP contribution >= 0.6 is 43.5 Å². The van der Waals surface area contributed by atoms with E-state index in [9.17, 15) is 0 Å². The Balaban J connectivity index is 3.00. The summed E-state index contributed by atoms with van der Waals surface area (Å²) in [4.78, 5) is 6.51. The lowest BCUT2D eigenvalue weighted by atomic mass is 10.3. The van der Waals surface area contributed by atoms with Crippen LogP contribution in [0.25, 0.3) is 0 Å². The number of hydrogen-bond donors (Lipinski definition) is 0. The van der Waals surface area contributed by atoms with Crippen molar-refractivity contribution >= 4 is 49.3 Å². The van der Waals surface area contributed by atoms with E-state index in [4.69, 9.17) is 11.6 Å². The zero-order valence-electron chi connectivity index (χ0n) is 8.67. The molecule has 5 heteroatoms. The fraction of sp³-hybridized carbons (Fsp3) is 0.500. The van der Waals surface area contributed by atoms with Crippen LogP contribution in [0, 0.1) is 0 Å². The van der Waals surface area contributed by atoms with Crippen molar-refractivity contribution in [2.75, 3.05) is 16.8 Å². The number of pyridine rings is 1. The van der Waals surface area contributed by atoms with E-state index in [1.807, 2.05) is 6.07 Å². The quantitative estimate of drug-likeness (QED) is 0.755. The number of halogens is 3. The van der Waals surface area contributed by atoms with Crippen LogP contribution in [0.1, 0.15) is 13.8 Å². The summed E-state index contributed by atoms with van der Waals surface area (Å²) in [6.45, 7) is 5.15. The van der Waals surface area contributed by atoms with Crippen molar-refractivity contribution in [2.24, 2.45) is 0 Å². The fourth-order valence-electron chi connectivity index (χ4n) is 1.32. The minimum atomic E-state index is 0.383. The predicted octanol–water partition coefficient (Wildman–Crippen LogP) is 4.11. The molecule has 15 heavy (non-hydrogen) atoms. The molecular formula is C10H13Br2ClN2. The molecule has 2 nitrogen and oxygen atoms in total. The minimum absolute atomic E-state index is 0.383. The van der Waals surface area contributed by atoms with Gasteiger partial charge in [-0.3, -0.25) is 0 Å². The van der Waals surface area contributed by atoms with Gasteiger partial charge in [0.05, 0.1) is 5.02 Å². The van der Waals surface area contributed by atoms with Crippen LogP contribution in [-0.4, -0.2) is 22.9 Å². The maximum Gasteiger partial charge on any atom is 0.147 e. The molecule has 0 saturated carbocycles. The van der Waals surface area contributed by atoms with E-state index in [1.165, 1.54) is 0 Å². The van der Waals surface area contributed by atoms with Gasteiger partial charge in [0.2, 0.25) is 0 Å². The van der Waals surface area contributed by atoms with Crippen LogP contribution in [0.5, 0.6) is 0 Å². The van der Waals surface area contributed by atoms with E-state index in [0.29, 0.717) is 11.1 Å². The second-order valence-corrected chi connectivity index (χ2v) is 5.55. The van der Waals surface area contributed by atoms with Crippen LogP contribution in [-0.2, 0) is 0 Å². The highest BCUT2D eigenvalue weighted by molar-refractivity contribution is 9.10. The highest BCUT2D eigenvalue weighted by Gasteiger charge is 2.14. The number of nitrogens with zero attached hydrogens (tertiary/aromatic N) is 2. The third-order valence-corrected chi connectivity index (χ3v) is 3.08. The number of aromatic nitrogens is 1. The summed E-state index contributed by atoms with van der Waals surface area (Å²) in [7, 11) is 0. The second-order valence-electron chi connectivity index (χ2n) is 3.44. The second kappa shape index (κ2) is 6.06. The first-order valence-corrected chi connectivity index (χ1v) is 6.99. The standard InChI is InChI=1S/C10H13Br2ClN2/c1-7(2)15(4-3-11)10-9(13)5-8(12)6-14-10/h5-7H,3-4H2,1-2H3. The zero-order chi connectivity index (χ0) is 11.4. The highest BCUT2D eigenvalue weighted by Crippen LogP contribution is 2.27. The van der Waals surface area contributed by atoms with E-state index in [-0.39, 0.29) is 0 Å². The van der Waals surface area contributed by atoms with Crippen molar-refractivity contribution in [2.45, 2.75) is 19.9 Å². The monoisotopic (exact) mass is 354 g/mol.